The molecule has 1 aromatic heterocycles. The zero-order chi connectivity index (χ0) is 18.1. The van der Waals surface area contributed by atoms with Crippen LogP contribution in [0.25, 0.3) is 0 Å². The van der Waals surface area contributed by atoms with E-state index in [4.69, 9.17) is 4.74 Å². The number of aromatic nitrogens is 3. The molecule has 2 fully saturated rings. The standard InChI is InChI=1S/C19H25BrN4OS/c1-13-7-9-23(10-8-13)18-21-22-19(24(18)15-4-5-15)26-12-14-3-6-17(25-2)16(20)11-14/h3,6,11,13,15H,4-5,7-10,12H2,1-2H3. The number of anilines is 1. The lowest BCUT2D eigenvalue weighted by molar-refractivity contribution is 0.412. The number of nitrogens with zero attached hydrogens (tertiary/aromatic N) is 4. The van der Waals surface area contributed by atoms with Gasteiger partial charge in [0.1, 0.15) is 5.75 Å². The van der Waals surface area contributed by atoms with E-state index < -0.39 is 0 Å². The third-order valence-corrected chi connectivity index (χ3v) is 6.84. The SMILES string of the molecule is COc1ccc(CSc2nnc(N3CCC(C)CC3)n2C2CC2)cc1Br. The summed E-state index contributed by atoms with van der Waals surface area (Å²) in [7, 11) is 1.69. The molecule has 1 aliphatic carbocycles. The Morgan fingerprint density at radius 2 is 1.96 bits per heavy atom. The van der Waals surface area contributed by atoms with Crippen LogP contribution in [0.5, 0.6) is 5.75 Å². The smallest absolute Gasteiger partial charge is 0.228 e. The van der Waals surface area contributed by atoms with Gasteiger partial charge in [-0.2, -0.15) is 0 Å². The fourth-order valence-corrected chi connectivity index (χ4v) is 4.92. The molecule has 7 heteroatoms. The molecule has 140 valence electrons. The van der Waals surface area contributed by atoms with Gasteiger partial charge in [-0.25, -0.2) is 0 Å². The van der Waals surface area contributed by atoms with E-state index in [-0.39, 0.29) is 0 Å². The van der Waals surface area contributed by atoms with Gasteiger partial charge in [-0.3, -0.25) is 4.57 Å². The van der Waals surface area contributed by atoms with Gasteiger partial charge in [0.05, 0.1) is 11.6 Å². The first-order valence-corrected chi connectivity index (χ1v) is 11.1. The minimum absolute atomic E-state index is 0.587. The van der Waals surface area contributed by atoms with Crippen LogP contribution in [0.2, 0.25) is 0 Å². The summed E-state index contributed by atoms with van der Waals surface area (Å²) in [5.74, 6) is 3.65. The molecule has 4 rings (SSSR count). The molecule has 5 nitrogen and oxygen atoms in total. The molecule has 0 radical (unpaired) electrons. The first-order chi connectivity index (χ1) is 12.7. The van der Waals surface area contributed by atoms with Crippen LogP contribution in [-0.4, -0.2) is 35.0 Å². The molecule has 1 aliphatic heterocycles. The molecular formula is C19H25BrN4OS. The van der Waals surface area contributed by atoms with Crippen molar-refractivity contribution in [3.05, 3.63) is 28.2 Å². The monoisotopic (exact) mass is 436 g/mol. The summed E-state index contributed by atoms with van der Waals surface area (Å²) < 4.78 is 8.69. The number of halogens is 1. The Bertz CT molecular complexity index is 769. The quantitative estimate of drug-likeness (QED) is 0.601. The second kappa shape index (κ2) is 7.80. The number of rotatable bonds is 6. The van der Waals surface area contributed by atoms with Crippen molar-refractivity contribution in [1.29, 1.82) is 0 Å². The van der Waals surface area contributed by atoms with Crippen molar-refractivity contribution in [3.63, 3.8) is 0 Å². The molecule has 26 heavy (non-hydrogen) atoms. The van der Waals surface area contributed by atoms with Gasteiger partial charge in [0.15, 0.2) is 5.16 Å². The molecule has 2 aliphatic rings. The third-order valence-electron chi connectivity index (χ3n) is 5.21. The number of methoxy groups -OCH3 is 1. The van der Waals surface area contributed by atoms with Crippen molar-refractivity contribution >= 4 is 33.6 Å². The molecule has 0 bridgehead atoms. The maximum atomic E-state index is 5.31. The Morgan fingerprint density at radius 3 is 2.62 bits per heavy atom. The summed E-state index contributed by atoms with van der Waals surface area (Å²) in [5.41, 5.74) is 1.25. The summed E-state index contributed by atoms with van der Waals surface area (Å²) in [6, 6.07) is 6.83. The predicted molar refractivity (Wildman–Crippen MR) is 109 cm³/mol. The summed E-state index contributed by atoms with van der Waals surface area (Å²) in [6.45, 7) is 4.54. The minimum Gasteiger partial charge on any atom is -0.496 e. The highest BCUT2D eigenvalue weighted by Gasteiger charge is 2.32. The van der Waals surface area contributed by atoms with Gasteiger partial charge >= 0.3 is 0 Å². The fourth-order valence-electron chi connectivity index (χ4n) is 3.39. The van der Waals surface area contributed by atoms with Gasteiger partial charge < -0.3 is 9.64 Å². The largest absolute Gasteiger partial charge is 0.496 e. The lowest BCUT2D eigenvalue weighted by Crippen LogP contribution is -2.34. The average molecular weight is 437 g/mol. The number of piperidine rings is 1. The molecule has 1 aromatic carbocycles. The normalized spacial score (nSPS) is 18.3. The van der Waals surface area contributed by atoms with Crippen LogP contribution < -0.4 is 9.64 Å². The maximum Gasteiger partial charge on any atom is 0.228 e. The zero-order valence-corrected chi connectivity index (χ0v) is 17.7. The van der Waals surface area contributed by atoms with E-state index in [9.17, 15) is 0 Å². The molecule has 0 atom stereocenters. The van der Waals surface area contributed by atoms with Crippen molar-refractivity contribution < 1.29 is 4.74 Å². The maximum absolute atomic E-state index is 5.31. The lowest BCUT2D eigenvalue weighted by Gasteiger charge is -2.31. The van der Waals surface area contributed by atoms with Gasteiger partial charge in [0.25, 0.3) is 0 Å². The summed E-state index contributed by atoms with van der Waals surface area (Å²) >= 11 is 5.35. The highest BCUT2D eigenvalue weighted by Crippen LogP contribution is 2.42. The van der Waals surface area contributed by atoms with E-state index in [0.29, 0.717) is 6.04 Å². The lowest BCUT2D eigenvalue weighted by atomic mass is 10.00. The average Bonchev–Trinajstić information content (AvgIpc) is 3.40. The molecular weight excluding hydrogens is 412 g/mol. The van der Waals surface area contributed by atoms with E-state index in [1.165, 1.54) is 31.2 Å². The van der Waals surface area contributed by atoms with Gasteiger partial charge in [-0.05, 0) is 65.2 Å². The second-order valence-corrected chi connectivity index (χ2v) is 9.11. The molecule has 0 spiro atoms. The summed E-state index contributed by atoms with van der Waals surface area (Å²) in [6.07, 6.45) is 4.99. The Labute approximate surface area is 167 Å². The van der Waals surface area contributed by atoms with E-state index in [2.05, 4.69) is 54.7 Å². The molecule has 0 amide bonds. The van der Waals surface area contributed by atoms with E-state index >= 15 is 0 Å². The number of benzene rings is 1. The van der Waals surface area contributed by atoms with Crippen LogP contribution in [0.1, 0.15) is 44.2 Å². The van der Waals surface area contributed by atoms with Gasteiger partial charge in [0.2, 0.25) is 5.95 Å². The first kappa shape index (κ1) is 18.2. The zero-order valence-electron chi connectivity index (χ0n) is 15.3. The number of hydrogen-bond donors (Lipinski definition) is 0. The van der Waals surface area contributed by atoms with Crippen LogP contribution in [-0.2, 0) is 5.75 Å². The Hall–Kier alpha value is -1.21. The van der Waals surface area contributed by atoms with Gasteiger partial charge in [0, 0.05) is 24.9 Å². The topological polar surface area (TPSA) is 43.2 Å². The van der Waals surface area contributed by atoms with Crippen molar-refractivity contribution in [2.75, 3.05) is 25.1 Å². The Balaban J connectivity index is 1.49. The van der Waals surface area contributed by atoms with Crippen LogP contribution in [0, 0.1) is 5.92 Å². The minimum atomic E-state index is 0.587. The third kappa shape index (κ3) is 3.88. The molecule has 0 N–H and O–H groups in total. The predicted octanol–water partition coefficient (Wildman–Crippen LogP) is 4.91. The van der Waals surface area contributed by atoms with Crippen molar-refractivity contribution in [2.24, 2.45) is 5.92 Å². The second-order valence-electron chi connectivity index (χ2n) is 7.31. The summed E-state index contributed by atoms with van der Waals surface area (Å²) in [4.78, 5) is 2.43. The van der Waals surface area contributed by atoms with Crippen molar-refractivity contribution in [3.8, 4) is 5.75 Å². The molecule has 2 heterocycles. The number of hydrogen-bond acceptors (Lipinski definition) is 5. The Morgan fingerprint density at radius 1 is 1.19 bits per heavy atom. The van der Waals surface area contributed by atoms with Crippen LogP contribution in [0.4, 0.5) is 5.95 Å². The number of thioether (sulfide) groups is 1. The van der Waals surface area contributed by atoms with Crippen molar-refractivity contribution in [1.82, 2.24) is 14.8 Å². The van der Waals surface area contributed by atoms with Crippen molar-refractivity contribution in [2.45, 2.75) is 49.6 Å². The van der Waals surface area contributed by atoms with Crippen LogP contribution in [0.15, 0.2) is 27.8 Å². The van der Waals surface area contributed by atoms with E-state index in [1.54, 1.807) is 18.9 Å². The number of ether oxygens (including phenoxy) is 1. The van der Waals surface area contributed by atoms with Crippen LogP contribution >= 0.6 is 27.7 Å². The highest BCUT2D eigenvalue weighted by molar-refractivity contribution is 9.10. The summed E-state index contributed by atoms with van der Waals surface area (Å²) in [5, 5.41) is 10.2. The fraction of sp³-hybridized carbons (Fsp3) is 0.579. The highest BCUT2D eigenvalue weighted by atomic mass is 79.9. The molecule has 1 saturated carbocycles. The molecule has 0 unspecified atom stereocenters. The van der Waals surface area contributed by atoms with Gasteiger partial charge in [-0.15, -0.1) is 10.2 Å². The van der Waals surface area contributed by atoms with Crippen LogP contribution in [0.3, 0.4) is 0 Å². The molecule has 2 aromatic rings. The van der Waals surface area contributed by atoms with E-state index in [1.807, 2.05) is 6.07 Å². The van der Waals surface area contributed by atoms with E-state index in [0.717, 1.165) is 46.1 Å². The first-order valence-electron chi connectivity index (χ1n) is 9.30. The van der Waals surface area contributed by atoms with Gasteiger partial charge in [-0.1, -0.05) is 24.8 Å². The molecule has 1 saturated heterocycles. The Kier molecular flexibility index (Phi) is 5.45.